The van der Waals surface area contributed by atoms with E-state index in [1.807, 2.05) is 0 Å². The second kappa shape index (κ2) is 10.4. The second-order valence-corrected chi connectivity index (χ2v) is 8.83. The van der Waals surface area contributed by atoms with Gasteiger partial charge in [0.1, 0.15) is 12.5 Å². The van der Waals surface area contributed by atoms with Gasteiger partial charge in [0.25, 0.3) is 11.1 Å². The Hall–Kier alpha value is -2.88. The lowest BCUT2D eigenvalue weighted by molar-refractivity contribution is -0.125. The maximum atomic E-state index is 12.2. The molecule has 2 aliphatic heterocycles. The molecule has 6 atom stereocenters. The number of aromatic nitrogens is 4. The Balaban J connectivity index is 1.30. The van der Waals surface area contributed by atoms with Gasteiger partial charge in [-0.25, -0.2) is 9.59 Å². The molecule has 0 aromatic carbocycles. The van der Waals surface area contributed by atoms with Gasteiger partial charge in [-0.05, 0) is 32.6 Å². The van der Waals surface area contributed by atoms with Crippen molar-refractivity contribution in [3.05, 3.63) is 65.2 Å². The van der Waals surface area contributed by atoms with E-state index in [1.165, 1.54) is 21.5 Å². The van der Waals surface area contributed by atoms with Crippen LogP contribution in [0, 0.1) is 19.8 Å². The minimum absolute atomic E-state index is 0.116. The van der Waals surface area contributed by atoms with E-state index in [2.05, 4.69) is 15.4 Å². The first kappa shape index (κ1) is 25.2. The summed E-state index contributed by atoms with van der Waals surface area (Å²) in [6, 6.07) is 0. The van der Waals surface area contributed by atoms with Crippen LogP contribution in [-0.4, -0.2) is 61.0 Å². The van der Waals surface area contributed by atoms with Gasteiger partial charge in [0.15, 0.2) is 6.23 Å². The summed E-state index contributed by atoms with van der Waals surface area (Å²) in [7, 11) is 0. The lowest BCUT2D eigenvalue weighted by Crippen LogP contribution is -2.38. The highest BCUT2D eigenvalue weighted by Gasteiger charge is 2.37. The Bertz CT molecular complexity index is 1280. The standard InChI is InChI=1S/C21H29N5O9/c1-10-7-25(20(31)22-17(10)29)15-5-12(14(9-27)34-15)3-4-33-24-19-13(28)6-16(35-19)26-8-11(2)18(30)23-21(26)32/h7-8,12-16,19,24,27-28H,3-6,9H2,1-2H3,(H,22,29,31)(H,23,30,32)/t12-,13?,14+,15+,16?,19?/m0/s1. The van der Waals surface area contributed by atoms with Crippen LogP contribution >= 0.6 is 0 Å². The van der Waals surface area contributed by atoms with Crippen LogP contribution < -0.4 is 28.0 Å². The molecule has 0 radical (unpaired) electrons. The molecule has 14 heteroatoms. The lowest BCUT2D eigenvalue weighted by atomic mass is 9.98. The first-order chi connectivity index (χ1) is 16.7. The number of H-pyrrole nitrogens is 2. The van der Waals surface area contributed by atoms with Gasteiger partial charge in [-0.1, -0.05) is 0 Å². The topological polar surface area (TPSA) is 190 Å². The zero-order valence-corrected chi connectivity index (χ0v) is 19.3. The normalized spacial score (nSPS) is 28.6. The lowest BCUT2D eigenvalue weighted by Gasteiger charge is -2.19. The summed E-state index contributed by atoms with van der Waals surface area (Å²) in [5.74, 6) is -0.129. The van der Waals surface area contributed by atoms with E-state index in [9.17, 15) is 29.4 Å². The fourth-order valence-corrected chi connectivity index (χ4v) is 4.34. The van der Waals surface area contributed by atoms with Crippen molar-refractivity contribution in [1.29, 1.82) is 0 Å². The number of aromatic amines is 2. The number of nitrogens with zero attached hydrogens (tertiary/aromatic N) is 2. The van der Waals surface area contributed by atoms with E-state index in [4.69, 9.17) is 14.3 Å². The molecule has 192 valence electrons. The highest BCUT2D eigenvalue weighted by Crippen LogP contribution is 2.34. The quantitative estimate of drug-likeness (QED) is 0.205. The first-order valence-electron chi connectivity index (χ1n) is 11.3. The number of hydrogen-bond donors (Lipinski definition) is 5. The Labute approximate surface area is 198 Å². The molecule has 0 amide bonds. The summed E-state index contributed by atoms with van der Waals surface area (Å²) in [6.07, 6.45) is 0.0371. The highest BCUT2D eigenvalue weighted by atomic mass is 16.7. The summed E-state index contributed by atoms with van der Waals surface area (Å²) >= 11 is 0. The minimum atomic E-state index is -0.959. The smallest absolute Gasteiger partial charge is 0.330 e. The number of nitrogens with one attached hydrogen (secondary N) is 3. The van der Waals surface area contributed by atoms with Crippen molar-refractivity contribution >= 4 is 0 Å². The van der Waals surface area contributed by atoms with Crippen molar-refractivity contribution in [3.63, 3.8) is 0 Å². The number of aliphatic hydroxyl groups is 2. The van der Waals surface area contributed by atoms with Crippen LogP contribution in [0.4, 0.5) is 0 Å². The van der Waals surface area contributed by atoms with Crippen LogP contribution in [0.5, 0.6) is 0 Å². The SMILES string of the molecule is Cc1cn(C2CC(O)C(NOCC[C@H]3C[C@H](n4cc(C)c(=O)[nH]c4=O)O[C@@H]3CO)O2)c(=O)[nH]c1=O. The molecule has 0 aliphatic carbocycles. The Morgan fingerprint density at radius 2 is 1.57 bits per heavy atom. The maximum absolute atomic E-state index is 12.2. The number of hydroxylamine groups is 1. The predicted molar refractivity (Wildman–Crippen MR) is 119 cm³/mol. The van der Waals surface area contributed by atoms with E-state index >= 15 is 0 Å². The van der Waals surface area contributed by atoms with E-state index in [1.54, 1.807) is 13.8 Å². The third kappa shape index (κ3) is 5.37. The summed E-state index contributed by atoms with van der Waals surface area (Å²) in [5.41, 5.74) is 1.19. The average Bonchev–Trinajstić information content (AvgIpc) is 3.39. The molecule has 4 rings (SSSR count). The van der Waals surface area contributed by atoms with Crippen LogP contribution in [0.15, 0.2) is 31.6 Å². The van der Waals surface area contributed by atoms with Gasteiger partial charge >= 0.3 is 11.4 Å². The van der Waals surface area contributed by atoms with Crippen molar-refractivity contribution in [2.24, 2.45) is 5.92 Å². The van der Waals surface area contributed by atoms with Gasteiger partial charge in [-0.3, -0.25) is 33.5 Å². The van der Waals surface area contributed by atoms with Crippen LogP contribution in [0.1, 0.15) is 42.8 Å². The number of rotatable bonds is 8. The molecule has 2 aromatic heterocycles. The van der Waals surface area contributed by atoms with E-state index < -0.39 is 53.4 Å². The Kier molecular flexibility index (Phi) is 7.49. The molecule has 2 fully saturated rings. The van der Waals surface area contributed by atoms with Gasteiger partial charge in [-0.2, -0.15) is 5.48 Å². The maximum Gasteiger partial charge on any atom is 0.330 e. The average molecular weight is 495 g/mol. The molecule has 0 bridgehead atoms. The zero-order chi connectivity index (χ0) is 25.3. The van der Waals surface area contributed by atoms with Gasteiger partial charge in [0, 0.05) is 29.9 Å². The molecule has 3 unspecified atom stereocenters. The summed E-state index contributed by atoms with van der Waals surface area (Å²) in [6.45, 7) is 3.09. The molecule has 0 saturated carbocycles. The summed E-state index contributed by atoms with van der Waals surface area (Å²) in [5, 5.41) is 20.0. The third-order valence-corrected chi connectivity index (χ3v) is 6.34. The predicted octanol–water partition coefficient (Wildman–Crippen LogP) is -1.88. The van der Waals surface area contributed by atoms with Crippen molar-refractivity contribution in [1.82, 2.24) is 24.6 Å². The van der Waals surface area contributed by atoms with Crippen LogP contribution in [0.3, 0.4) is 0 Å². The molecule has 5 N–H and O–H groups in total. The zero-order valence-electron chi connectivity index (χ0n) is 19.3. The molecule has 4 heterocycles. The largest absolute Gasteiger partial charge is 0.394 e. The van der Waals surface area contributed by atoms with E-state index in [-0.39, 0.29) is 25.6 Å². The van der Waals surface area contributed by atoms with Gasteiger partial charge in [0.05, 0.1) is 25.4 Å². The van der Waals surface area contributed by atoms with Crippen LogP contribution in [-0.2, 0) is 14.3 Å². The Morgan fingerprint density at radius 3 is 2.14 bits per heavy atom. The van der Waals surface area contributed by atoms with Crippen molar-refractivity contribution in [2.75, 3.05) is 13.2 Å². The molecule has 2 aromatic rings. The van der Waals surface area contributed by atoms with Gasteiger partial charge < -0.3 is 19.7 Å². The highest BCUT2D eigenvalue weighted by molar-refractivity contribution is 5.03. The molecule has 2 saturated heterocycles. The number of aryl methyl sites for hydroxylation is 2. The molecule has 35 heavy (non-hydrogen) atoms. The molecule has 0 spiro atoms. The molecule has 14 nitrogen and oxygen atoms in total. The van der Waals surface area contributed by atoms with E-state index in [0.29, 0.717) is 24.0 Å². The van der Waals surface area contributed by atoms with Crippen molar-refractivity contribution in [3.8, 4) is 0 Å². The van der Waals surface area contributed by atoms with Crippen LogP contribution in [0.2, 0.25) is 0 Å². The molecular weight excluding hydrogens is 466 g/mol. The molecule has 2 aliphatic rings. The minimum Gasteiger partial charge on any atom is -0.394 e. The summed E-state index contributed by atoms with van der Waals surface area (Å²) < 4.78 is 14.0. The van der Waals surface area contributed by atoms with E-state index in [0.717, 1.165) is 0 Å². The second-order valence-electron chi connectivity index (χ2n) is 8.83. The van der Waals surface area contributed by atoms with Crippen molar-refractivity contribution in [2.45, 2.75) is 64.0 Å². The fraction of sp³-hybridized carbons (Fsp3) is 0.619. The first-order valence-corrected chi connectivity index (χ1v) is 11.3. The fourth-order valence-electron chi connectivity index (χ4n) is 4.34. The number of aliphatic hydroxyl groups excluding tert-OH is 2. The van der Waals surface area contributed by atoms with Crippen molar-refractivity contribution < 1.29 is 24.5 Å². The van der Waals surface area contributed by atoms with Gasteiger partial charge in [0.2, 0.25) is 0 Å². The number of hydrogen-bond acceptors (Lipinski definition) is 10. The molecular formula is C21H29N5O9. The Morgan fingerprint density at radius 1 is 1.00 bits per heavy atom. The summed E-state index contributed by atoms with van der Waals surface area (Å²) in [4.78, 5) is 57.3. The monoisotopic (exact) mass is 495 g/mol. The van der Waals surface area contributed by atoms with Gasteiger partial charge in [-0.15, -0.1) is 0 Å². The number of ether oxygens (including phenoxy) is 2. The third-order valence-electron chi connectivity index (χ3n) is 6.34. The van der Waals surface area contributed by atoms with Crippen LogP contribution in [0.25, 0.3) is 0 Å².